The topological polar surface area (TPSA) is 70.7 Å². The Morgan fingerprint density at radius 2 is 1.72 bits per heavy atom. The van der Waals surface area contributed by atoms with Gasteiger partial charge in [-0.25, -0.2) is 4.39 Å². The molecule has 0 aromatic heterocycles. The summed E-state index contributed by atoms with van der Waals surface area (Å²) in [6, 6.07) is 12.2. The molecule has 2 aromatic carbocycles. The van der Waals surface area contributed by atoms with Crippen molar-refractivity contribution in [3.8, 4) is 0 Å². The third-order valence-corrected chi connectivity index (χ3v) is 5.49. The van der Waals surface area contributed by atoms with Crippen LogP contribution in [0.5, 0.6) is 0 Å². The van der Waals surface area contributed by atoms with Crippen LogP contribution < -0.4 is 10.6 Å². The largest absolute Gasteiger partial charge is 0.379 e. The summed E-state index contributed by atoms with van der Waals surface area (Å²) in [5.41, 5.74) is 2.69. The summed E-state index contributed by atoms with van der Waals surface area (Å²) in [5.74, 6) is -0.991. The molecule has 172 valence electrons. The molecule has 2 amide bonds. The van der Waals surface area contributed by atoms with Gasteiger partial charge in [-0.1, -0.05) is 37.6 Å². The van der Waals surface area contributed by atoms with Crippen molar-refractivity contribution in [2.75, 3.05) is 43.5 Å². The molecule has 0 saturated carbocycles. The summed E-state index contributed by atoms with van der Waals surface area (Å²) in [7, 11) is 0. The SMILES string of the molecule is CCCCc1ccc(CC(=O)Nc2ccc(F)c(NC(=O)CCN3CCOCC3)c2)cc1. The van der Waals surface area contributed by atoms with Gasteiger partial charge in [0.25, 0.3) is 0 Å². The van der Waals surface area contributed by atoms with Crippen molar-refractivity contribution in [1.29, 1.82) is 0 Å². The lowest BCUT2D eigenvalue weighted by Gasteiger charge is -2.26. The Bertz CT molecular complexity index is 896. The molecule has 2 N–H and O–H groups in total. The van der Waals surface area contributed by atoms with E-state index in [2.05, 4.69) is 34.6 Å². The molecule has 0 atom stereocenters. The summed E-state index contributed by atoms with van der Waals surface area (Å²) < 4.78 is 19.5. The maximum absolute atomic E-state index is 14.2. The fourth-order valence-corrected chi connectivity index (χ4v) is 3.59. The lowest BCUT2D eigenvalue weighted by atomic mass is 10.0. The van der Waals surface area contributed by atoms with Crippen molar-refractivity contribution in [2.45, 2.75) is 39.0 Å². The van der Waals surface area contributed by atoms with E-state index >= 15 is 0 Å². The number of anilines is 2. The van der Waals surface area contributed by atoms with Gasteiger partial charge in [0, 0.05) is 31.7 Å². The number of rotatable bonds is 10. The first-order valence-electron chi connectivity index (χ1n) is 11.3. The lowest BCUT2D eigenvalue weighted by molar-refractivity contribution is -0.117. The minimum Gasteiger partial charge on any atom is -0.379 e. The van der Waals surface area contributed by atoms with Crippen LogP contribution >= 0.6 is 0 Å². The van der Waals surface area contributed by atoms with Gasteiger partial charge in [0.2, 0.25) is 11.8 Å². The zero-order chi connectivity index (χ0) is 22.8. The molecular formula is C25H32FN3O3. The van der Waals surface area contributed by atoms with Crippen LogP contribution in [0.15, 0.2) is 42.5 Å². The van der Waals surface area contributed by atoms with Crippen LogP contribution in [0.3, 0.4) is 0 Å². The number of hydrogen-bond acceptors (Lipinski definition) is 4. The number of nitrogens with zero attached hydrogens (tertiary/aromatic N) is 1. The highest BCUT2D eigenvalue weighted by Gasteiger charge is 2.14. The van der Waals surface area contributed by atoms with Gasteiger partial charge in [0.15, 0.2) is 0 Å². The van der Waals surface area contributed by atoms with Gasteiger partial charge in [-0.05, 0) is 42.2 Å². The predicted octanol–water partition coefficient (Wildman–Crippen LogP) is 4.01. The molecule has 1 saturated heterocycles. The Kier molecular flexibility index (Phi) is 9.19. The molecule has 3 rings (SSSR count). The summed E-state index contributed by atoms with van der Waals surface area (Å²) in [4.78, 5) is 26.8. The van der Waals surface area contributed by atoms with Crippen molar-refractivity contribution in [3.63, 3.8) is 0 Å². The molecule has 0 radical (unpaired) electrons. The van der Waals surface area contributed by atoms with Crippen molar-refractivity contribution in [1.82, 2.24) is 4.90 Å². The van der Waals surface area contributed by atoms with E-state index in [4.69, 9.17) is 4.74 Å². The van der Waals surface area contributed by atoms with E-state index in [1.807, 2.05) is 12.1 Å². The standard InChI is InChI=1S/C25H32FN3O3/c1-2-3-4-19-5-7-20(8-6-19)17-25(31)27-21-9-10-22(26)23(18-21)28-24(30)11-12-29-13-15-32-16-14-29/h5-10,18H,2-4,11-17H2,1H3,(H,27,31)(H,28,30). The van der Waals surface area contributed by atoms with Crippen LogP contribution in [-0.2, 0) is 27.2 Å². The quantitative estimate of drug-likeness (QED) is 0.585. The number of nitrogens with one attached hydrogen (secondary N) is 2. The molecule has 1 heterocycles. The smallest absolute Gasteiger partial charge is 0.228 e. The molecule has 0 aliphatic carbocycles. The number of amides is 2. The first-order chi connectivity index (χ1) is 15.5. The zero-order valence-electron chi connectivity index (χ0n) is 18.7. The zero-order valence-corrected chi connectivity index (χ0v) is 18.7. The molecule has 0 spiro atoms. The second-order valence-electron chi connectivity index (χ2n) is 8.09. The van der Waals surface area contributed by atoms with Crippen molar-refractivity contribution < 1.29 is 18.7 Å². The molecule has 1 aliphatic rings. The average molecular weight is 442 g/mol. The molecule has 0 unspecified atom stereocenters. The Balaban J connectivity index is 1.50. The van der Waals surface area contributed by atoms with E-state index in [1.54, 1.807) is 0 Å². The second-order valence-corrected chi connectivity index (χ2v) is 8.09. The van der Waals surface area contributed by atoms with Crippen molar-refractivity contribution >= 4 is 23.2 Å². The first-order valence-corrected chi connectivity index (χ1v) is 11.3. The third-order valence-electron chi connectivity index (χ3n) is 5.49. The number of ether oxygens (including phenoxy) is 1. The van der Waals surface area contributed by atoms with Crippen molar-refractivity contribution in [2.24, 2.45) is 0 Å². The maximum atomic E-state index is 14.2. The lowest BCUT2D eigenvalue weighted by Crippen LogP contribution is -2.38. The van der Waals surface area contributed by atoms with E-state index in [-0.39, 0.29) is 30.3 Å². The number of unbranched alkanes of at least 4 members (excludes halogenated alkanes) is 1. The van der Waals surface area contributed by atoms with Gasteiger partial charge in [0.1, 0.15) is 5.82 Å². The molecule has 1 aliphatic heterocycles. The van der Waals surface area contributed by atoms with E-state index in [0.29, 0.717) is 25.4 Å². The number of carbonyl (C=O) groups excluding carboxylic acids is 2. The Hall–Kier alpha value is -2.77. The average Bonchev–Trinajstić information content (AvgIpc) is 2.80. The minimum absolute atomic E-state index is 0.0649. The summed E-state index contributed by atoms with van der Waals surface area (Å²) >= 11 is 0. The fraction of sp³-hybridized carbons (Fsp3) is 0.440. The van der Waals surface area contributed by atoms with Crippen LogP contribution in [0.1, 0.15) is 37.3 Å². The van der Waals surface area contributed by atoms with Crippen LogP contribution in [-0.4, -0.2) is 49.6 Å². The number of halogens is 1. The molecule has 32 heavy (non-hydrogen) atoms. The molecule has 6 nitrogen and oxygen atoms in total. The molecule has 2 aromatic rings. The Morgan fingerprint density at radius 1 is 1.00 bits per heavy atom. The third kappa shape index (κ3) is 7.73. The highest BCUT2D eigenvalue weighted by molar-refractivity contribution is 5.95. The summed E-state index contributed by atoms with van der Waals surface area (Å²) in [6.45, 7) is 5.69. The molecule has 0 bridgehead atoms. The van der Waals surface area contributed by atoms with E-state index < -0.39 is 5.82 Å². The normalized spacial score (nSPS) is 14.2. The van der Waals surface area contributed by atoms with Gasteiger partial charge in [-0.2, -0.15) is 0 Å². The van der Waals surface area contributed by atoms with E-state index in [0.717, 1.165) is 37.9 Å². The van der Waals surface area contributed by atoms with Crippen LogP contribution in [0, 0.1) is 5.82 Å². The van der Waals surface area contributed by atoms with E-state index in [9.17, 15) is 14.0 Å². The van der Waals surface area contributed by atoms with Gasteiger partial charge < -0.3 is 15.4 Å². The monoisotopic (exact) mass is 441 g/mol. The second kappa shape index (κ2) is 12.3. The van der Waals surface area contributed by atoms with Crippen LogP contribution in [0.2, 0.25) is 0 Å². The van der Waals surface area contributed by atoms with Gasteiger partial charge in [0.05, 0.1) is 25.3 Å². The fourth-order valence-electron chi connectivity index (χ4n) is 3.59. The van der Waals surface area contributed by atoms with Gasteiger partial charge >= 0.3 is 0 Å². The number of morpholine rings is 1. The summed E-state index contributed by atoms with van der Waals surface area (Å²) in [6.07, 6.45) is 3.84. The Morgan fingerprint density at radius 3 is 2.44 bits per heavy atom. The van der Waals surface area contributed by atoms with Crippen molar-refractivity contribution in [3.05, 3.63) is 59.4 Å². The first kappa shape index (κ1) is 23.9. The number of hydrogen-bond donors (Lipinski definition) is 2. The van der Waals surface area contributed by atoms with Crippen LogP contribution in [0.25, 0.3) is 0 Å². The molecular weight excluding hydrogens is 409 g/mol. The highest BCUT2D eigenvalue weighted by atomic mass is 19.1. The molecule has 7 heteroatoms. The van der Waals surface area contributed by atoms with Gasteiger partial charge in [-0.3, -0.25) is 14.5 Å². The number of benzene rings is 2. The van der Waals surface area contributed by atoms with E-state index in [1.165, 1.54) is 23.8 Å². The highest BCUT2D eigenvalue weighted by Crippen LogP contribution is 2.20. The maximum Gasteiger partial charge on any atom is 0.228 e. The summed E-state index contributed by atoms with van der Waals surface area (Å²) in [5, 5.41) is 5.40. The van der Waals surface area contributed by atoms with Gasteiger partial charge in [-0.15, -0.1) is 0 Å². The minimum atomic E-state index is -0.537. The number of aryl methyl sites for hydroxylation is 1. The number of carbonyl (C=O) groups is 2. The molecule has 1 fully saturated rings. The van der Waals surface area contributed by atoms with Crippen LogP contribution in [0.4, 0.5) is 15.8 Å². The predicted molar refractivity (Wildman–Crippen MR) is 124 cm³/mol. The Labute approximate surface area is 189 Å².